The average Bonchev–Trinajstić information content (AvgIpc) is 2.64. The van der Waals surface area contributed by atoms with E-state index in [-0.39, 0.29) is 17.8 Å². The molecule has 0 bridgehead atoms. The van der Waals surface area contributed by atoms with Crippen molar-refractivity contribution in [3.05, 3.63) is 70.0 Å². The zero-order chi connectivity index (χ0) is 20.7. The SMILES string of the molecule is CC(C)(C)c1ccc(OCC(=O)NNC(=O)/C=C/c2ccc(F)cc2)c(Br)c1. The second kappa shape index (κ2) is 9.50. The van der Waals surface area contributed by atoms with Crippen molar-refractivity contribution in [2.45, 2.75) is 26.2 Å². The van der Waals surface area contributed by atoms with E-state index >= 15 is 0 Å². The molecule has 2 aromatic rings. The molecule has 0 saturated carbocycles. The molecule has 0 aliphatic rings. The lowest BCUT2D eigenvalue weighted by Crippen LogP contribution is -2.43. The Balaban J connectivity index is 1.79. The van der Waals surface area contributed by atoms with Crippen molar-refractivity contribution in [3.8, 4) is 5.75 Å². The van der Waals surface area contributed by atoms with Crippen molar-refractivity contribution in [1.82, 2.24) is 10.9 Å². The normalized spacial score (nSPS) is 11.3. The molecule has 2 rings (SSSR count). The molecule has 0 unspecified atom stereocenters. The van der Waals surface area contributed by atoms with Crippen molar-refractivity contribution in [1.29, 1.82) is 0 Å². The van der Waals surface area contributed by atoms with E-state index in [1.165, 1.54) is 36.4 Å². The summed E-state index contributed by atoms with van der Waals surface area (Å²) in [6.45, 7) is 6.07. The van der Waals surface area contributed by atoms with Gasteiger partial charge in [0.2, 0.25) is 0 Å². The molecule has 0 spiro atoms. The van der Waals surface area contributed by atoms with Gasteiger partial charge in [-0.3, -0.25) is 20.4 Å². The summed E-state index contributed by atoms with van der Waals surface area (Å²) in [6, 6.07) is 11.4. The zero-order valence-electron chi connectivity index (χ0n) is 15.9. The van der Waals surface area contributed by atoms with Crippen LogP contribution in [-0.4, -0.2) is 18.4 Å². The van der Waals surface area contributed by atoms with Gasteiger partial charge >= 0.3 is 0 Å². The van der Waals surface area contributed by atoms with Crippen molar-refractivity contribution in [2.75, 3.05) is 6.61 Å². The minimum Gasteiger partial charge on any atom is -0.483 e. The lowest BCUT2D eigenvalue weighted by molar-refractivity contribution is -0.128. The molecular formula is C21H22BrFN2O3. The largest absolute Gasteiger partial charge is 0.483 e. The van der Waals surface area contributed by atoms with E-state index in [2.05, 4.69) is 47.6 Å². The van der Waals surface area contributed by atoms with Crippen molar-refractivity contribution in [3.63, 3.8) is 0 Å². The van der Waals surface area contributed by atoms with Gasteiger partial charge in [0.25, 0.3) is 11.8 Å². The summed E-state index contributed by atoms with van der Waals surface area (Å²) in [5.74, 6) is -0.844. The highest BCUT2D eigenvalue weighted by Crippen LogP contribution is 2.31. The quantitative estimate of drug-likeness (QED) is 0.533. The second-order valence-electron chi connectivity index (χ2n) is 7.11. The van der Waals surface area contributed by atoms with Gasteiger partial charge in [0.05, 0.1) is 4.47 Å². The highest BCUT2D eigenvalue weighted by atomic mass is 79.9. The van der Waals surface area contributed by atoms with Crippen LogP contribution in [-0.2, 0) is 15.0 Å². The number of rotatable bonds is 5. The Bertz CT molecular complexity index is 874. The van der Waals surface area contributed by atoms with Crippen LogP contribution >= 0.6 is 15.9 Å². The number of carbonyl (C=O) groups is 2. The lowest BCUT2D eigenvalue weighted by atomic mass is 9.87. The number of hydrogen-bond donors (Lipinski definition) is 2. The summed E-state index contributed by atoms with van der Waals surface area (Å²) in [7, 11) is 0. The summed E-state index contributed by atoms with van der Waals surface area (Å²) in [5.41, 5.74) is 6.32. The average molecular weight is 449 g/mol. The number of hydrazine groups is 1. The van der Waals surface area contributed by atoms with Crippen LogP contribution in [0.2, 0.25) is 0 Å². The maximum absolute atomic E-state index is 12.8. The highest BCUT2D eigenvalue weighted by molar-refractivity contribution is 9.10. The summed E-state index contributed by atoms with van der Waals surface area (Å²) in [4.78, 5) is 23.6. The second-order valence-corrected chi connectivity index (χ2v) is 7.96. The molecule has 0 saturated heterocycles. The molecule has 0 heterocycles. The van der Waals surface area contributed by atoms with Gasteiger partial charge in [-0.2, -0.15) is 0 Å². The van der Waals surface area contributed by atoms with Crippen molar-refractivity contribution in [2.24, 2.45) is 0 Å². The Kier molecular flexibility index (Phi) is 7.34. The van der Waals surface area contributed by atoms with E-state index in [0.29, 0.717) is 11.3 Å². The Morgan fingerprint density at radius 1 is 1.11 bits per heavy atom. The summed E-state index contributed by atoms with van der Waals surface area (Å²) < 4.78 is 19.0. The van der Waals surface area contributed by atoms with Gasteiger partial charge in [-0.05, 0) is 62.8 Å². The van der Waals surface area contributed by atoms with E-state index in [0.717, 1.165) is 10.0 Å². The molecule has 2 N–H and O–H groups in total. The molecule has 2 amide bonds. The minimum absolute atomic E-state index is 0.00410. The monoisotopic (exact) mass is 448 g/mol. The third-order valence-corrected chi connectivity index (χ3v) is 4.40. The van der Waals surface area contributed by atoms with E-state index in [4.69, 9.17) is 4.74 Å². The third kappa shape index (κ3) is 6.81. The first-order chi connectivity index (χ1) is 13.1. The summed E-state index contributed by atoms with van der Waals surface area (Å²) in [5, 5.41) is 0. The van der Waals surface area contributed by atoms with Gasteiger partial charge in [0.15, 0.2) is 6.61 Å². The number of amides is 2. The van der Waals surface area contributed by atoms with E-state index in [9.17, 15) is 14.0 Å². The molecular weight excluding hydrogens is 427 g/mol. The van der Waals surface area contributed by atoms with Crippen LogP contribution in [0.25, 0.3) is 6.08 Å². The Labute approximate surface area is 172 Å². The van der Waals surface area contributed by atoms with Gasteiger partial charge < -0.3 is 4.74 Å². The molecule has 148 valence electrons. The van der Waals surface area contributed by atoms with Crippen LogP contribution in [0.4, 0.5) is 4.39 Å². The molecule has 2 aromatic carbocycles. The number of halogens is 2. The van der Waals surface area contributed by atoms with Crippen LogP contribution in [0.5, 0.6) is 5.75 Å². The molecule has 5 nitrogen and oxygen atoms in total. The molecule has 0 aromatic heterocycles. The van der Waals surface area contributed by atoms with Gasteiger partial charge in [-0.25, -0.2) is 4.39 Å². The first kappa shape index (κ1) is 21.6. The highest BCUT2D eigenvalue weighted by Gasteiger charge is 2.15. The molecule has 0 radical (unpaired) electrons. The van der Waals surface area contributed by atoms with Crippen molar-refractivity contribution >= 4 is 33.8 Å². The standard InChI is InChI=1S/C21H22BrFN2O3/c1-21(2,3)15-7-10-18(17(22)12-15)28-13-20(27)25-24-19(26)11-6-14-4-8-16(23)9-5-14/h4-12H,13H2,1-3H3,(H,24,26)(H,25,27)/b11-6+. The predicted octanol–water partition coefficient (Wildman–Crippen LogP) is 4.13. The number of benzene rings is 2. The van der Waals surface area contributed by atoms with Gasteiger partial charge in [0.1, 0.15) is 11.6 Å². The van der Waals surface area contributed by atoms with Gasteiger partial charge in [0, 0.05) is 6.08 Å². The van der Waals surface area contributed by atoms with Crippen LogP contribution in [0.3, 0.4) is 0 Å². The third-order valence-electron chi connectivity index (χ3n) is 3.78. The Morgan fingerprint density at radius 3 is 2.39 bits per heavy atom. The van der Waals surface area contributed by atoms with E-state index < -0.39 is 11.8 Å². The summed E-state index contributed by atoms with van der Waals surface area (Å²) in [6.07, 6.45) is 2.74. The van der Waals surface area contributed by atoms with E-state index in [1.807, 2.05) is 12.1 Å². The number of hydrogen-bond acceptors (Lipinski definition) is 3. The Morgan fingerprint density at radius 2 is 1.79 bits per heavy atom. The molecule has 0 atom stereocenters. The van der Waals surface area contributed by atoms with Gasteiger partial charge in [-0.1, -0.05) is 39.0 Å². The zero-order valence-corrected chi connectivity index (χ0v) is 17.5. The number of ether oxygens (including phenoxy) is 1. The fourth-order valence-electron chi connectivity index (χ4n) is 2.18. The fourth-order valence-corrected chi connectivity index (χ4v) is 2.68. The lowest BCUT2D eigenvalue weighted by Gasteiger charge is -2.20. The first-order valence-corrected chi connectivity index (χ1v) is 9.40. The van der Waals surface area contributed by atoms with E-state index in [1.54, 1.807) is 6.07 Å². The van der Waals surface area contributed by atoms with Crippen LogP contribution in [0.15, 0.2) is 53.0 Å². The molecule has 7 heteroatoms. The number of carbonyl (C=O) groups excluding carboxylic acids is 2. The molecule has 0 aliphatic heterocycles. The van der Waals surface area contributed by atoms with Crippen molar-refractivity contribution < 1.29 is 18.7 Å². The summed E-state index contributed by atoms with van der Waals surface area (Å²) >= 11 is 3.44. The number of nitrogens with one attached hydrogen (secondary N) is 2. The van der Waals surface area contributed by atoms with Crippen LogP contribution in [0.1, 0.15) is 31.9 Å². The minimum atomic E-state index is -0.520. The predicted molar refractivity (Wildman–Crippen MR) is 110 cm³/mol. The molecule has 0 fully saturated rings. The first-order valence-electron chi connectivity index (χ1n) is 8.60. The fraction of sp³-hybridized carbons (Fsp3) is 0.238. The van der Waals surface area contributed by atoms with Crippen LogP contribution < -0.4 is 15.6 Å². The maximum atomic E-state index is 12.8. The topological polar surface area (TPSA) is 67.4 Å². The molecule has 0 aliphatic carbocycles. The smallest absolute Gasteiger partial charge is 0.276 e. The van der Waals surface area contributed by atoms with Gasteiger partial charge in [-0.15, -0.1) is 0 Å². The van der Waals surface area contributed by atoms with Crippen LogP contribution in [0, 0.1) is 5.82 Å². The Hall–Kier alpha value is -2.67. The molecule has 28 heavy (non-hydrogen) atoms. The maximum Gasteiger partial charge on any atom is 0.276 e.